The van der Waals surface area contributed by atoms with Crippen molar-refractivity contribution in [1.29, 1.82) is 0 Å². The third kappa shape index (κ3) is 5.66. The standard InChI is InChI=1S/C21H25F2N3O2/c22-17-6-1-3-8-19(17)26-14-12-25(13-15-26)11-5-10-24-21(27)16-28-20-9-4-2-7-18(20)23/h1-4,6-9H,5,10-16H2,(H,24,27). The van der Waals surface area contributed by atoms with Crippen LogP contribution in [0.4, 0.5) is 14.5 Å². The largest absolute Gasteiger partial charge is 0.481 e. The number of ether oxygens (including phenoxy) is 1. The van der Waals surface area contributed by atoms with Crippen LogP contribution in [-0.2, 0) is 4.79 Å². The van der Waals surface area contributed by atoms with E-state index in [1.54, 1.807) is 18.2 Å². The van der Waals surface area contributed by atoms with Crippen LogP contribution >= 0.6 is 0 Å². The Kier molecular flexibility index (Phi) is 7.19. The number of rotatable bonds is 8. The highest BCUT2D eigenvalue weighted by Crippen LogP contribution is 2.20. The van der Waals surface area contributed by atoms with Crippen LogP contribution in [-0.4, -0.2) is 56.7 Å². The van der Waals surface area contributed by atoms with E-state index in [9.17, 15) is 13.6 Å². The molecule has 0 aromatic heterocycles. The first-order valence-electron chi connectivity index (χ1n) is 9.49. The molecule has 0 spiro atoms. The maximum Gasteiger partial charge on any atom is 0.257 e. The summed E-state index contributed by atoms with van der Waals surface area (Å²) in [4.78, 5) is 16.2. The van der Waals surface area contributed by atoms with Crippen LogP contribution in [0.25, 0.3) is 0 Å². The van der Waals surface area contributed by atoms with E-state index >= 15 is 0 Å². The molecule has 2 aromatic rings. The number of piperazine rings is 1. The lowest BCUT2D eigenvalue weighted by Gasteiger charge is -2.36. The van der Waals surface area contributed by atoms with Gasteiger partial charge in [-0.15, -0.1) is 0 Å². The SMILES string of the molecule is O=C(COc1ccccc1F)NCCCN1CCN(c2ccccc2F)CC1. The average molecular weight is 389 g/mol. The summed E-state index contributed by atoms with van der Waals surface area (Å²) < 4.78 is 32.5. The first-order chi connectivity index (χ1) is 13.6. The van der Waals surface area contributed by atoms with Gasteiger partial charge in [-0.25, -0.2) is 8.78 Å². The molecule has 28 heavy (non-hydrogen) atoms. The molecule has 2 aromatic carbocycles. The lowest BCUT2D eigenvalue weighted by atomic mass is 10.2. The first-order valence-corrected chi connectivity index (χ1v) is 9.49. The molecule has 1 heterocycles. The summed E-state index contributed by atoms with van der Waals surface area (Å²) in [5, 5.41) is 2.78. The molecule has 0 atom stereocenters. The quantitative estimate of drug-likeness (QED) is 0.705. The highest BCUT2D eigenvalue weighted by Gasteiger charge is 2.18. The molecule has 0 radical (unpaired) electrons. The topological polar surface area (TPSA) is 44.8 Å². The Labute approximate surface area is 163 Å². The van der Waals surface area contributed by atoms with Crippen molar-refractivity contribution in [1.82, 2.24) is 10.2 Å². The van der Waals surface area contributed by atoms with Gasteiger partial charge in [0.2, 0.25) is 0 Å². The molecule has 0 bridgehead atoms. The monoisotopic (exact) mass is 389 g/mol. The van der Waals surface area contributed by atoms with Crippen LogP contribution in [0.15, 0.2) is 48.5 Å². The Balaban J connectivity index is 1.29. The number of nitrogens with one attached hydrogen (secondary N) is 1. The smallest absolute Gasteiger partial charge is 0.257 e. The molecule has 0 aliphatic carbocycles. The zero-order valence-electron chi connectivity index (χ0n) is 15.7. The lowest BCUT2D eigenvalue weighted by Crippen LogP contribution is -2.47. The second-order valence-electron chi connectivity index (χ2n) is 6.70. The Morgan fingerprint density at radius 1 is 0.964 bits per heavy atom. The van der Waals surface area contributed by atoms with E-state index < -0.39 is 5.82 Å². The number of hydrogen-bond donors (Lipinski definition) is 1. The van der Waals surface area contributed by atoms with Gasteiger partial charge in [-0.3, -0.25) is 9.69 Å². The molecule has 5 nitrogen and oxygen atoms in total. The Morgan fingerprint density at radius 2 is 1.64 bits per heavy atom. The number of halogens is 2. The molecule has 150 valence electrons. The highest BCUT2D eigenvalue weighted by molar-refractivity contribution is 5.77. The minimum Gasteiger partial charge on any atom is -0.481 e. The van der Waals surface area contributed by atoms with Crippen LogP contribution in [0.2, 0.25) is 0 Å². The first kappa shape index (κ1) is 20.1. The molecular weight excluding hydrogens is 364 g/mol. The normalized spacial score (nSPS) is 14.7. The van der Waals surface area contributed by atoms with Gasteiger partial charge >= 0.3 is 0 Å². The Morgan fingerprint density at radius 3 is 2.36 bits per heavy atom. The molecule has 1 aliphatic heterocycles. The summed E-state index contributed by atoms with van der Waals surface area (Å²) in [7, 11) is 0. The maximum atomic E-state index is 13.9. The molecular formula is C21H25F2N3O2. The summed E-state index contributed by atoms with van der Waals surface area (Å²) in [6.07, 6.45) is 0.811. The molecule has 1 N–H and O–H groups in total. The van der Waals surface area contributed by atoms with Gasteiger partial charge in [0.1, 0.15) is 5.82 Å². The van der Waals surface area contributed by atoms with Crippen molar-refractivity contribution in [2.75, 3.05) is 50.8 Å². The van der Waals surface area contributed by atoms with E-state index in [0.717, 1.165) is 39.1 Å². The van der Waals surface area contributed by atoms with Crippen LogP contribution < -0.4 is 15.0 Å². The van der Waals surface area contributed by atoms with Crippen molar-refractivity contribution >= 4 is 11.6 Å². The fraction of sp³-hybridized carbons (Fsp3) is 0.381. The summed E-state index contributed by atoms with van der Waals surface area (Å²) >= 11 is 0. The molecule has 1 amide bonds. The van der Waals surface area contributed by atoms with Gasteiger partial charge in [-0.1, -0.05) is 24.3 Å². The number of carbonyl (C=O) groups is 1. The second kappa shape index (κ2) is 10.0. The van der Waals surface area contributed by atoms with Crippen molar-refractivity contribution in [3.63, 3.8) is 0 Å². The van der Waals surface area contributed by atoms with Crippen LogP contribution in [0.1, 0.15) is 6.42 Å². The highest BCUT2D eigenvalue weighted by atomic mass is 19.1. The van der Waals surface area contributed by atoms with E-state index in [2.05, 4.69) is 15.1 Å². The fourth-order valence-corrected chi connectivity index (χ4v) is 3.21. The zero-order valence-corrected chi connectivity index (χ0v) is 15.7. The number of carbonyl (C=O) groups excluding carboxylic acids is 1. The third-order valence-electron chi connectivity index (χ3n) is 4.73. The second-order valence-corrected chi connectivity index (χ2v) is 6.70. The third-order valence-corrected chi connectivity index (χ3v) is 4.73. The van der Waals surface area contributed by atoms with Gasteiger partial charge in [0.05, 0.1) is 5.69 Å². The van der Waals surface area contributed by atoms with Crippen molar-refractivity contribution in [2.45, 2.75) is 6.42 Å². The summed E-state index contributed by atoms with van der Waals surface area (Å²) in [5.41, 5.74) is 0.657. The van der Waals surface area contributed by atoms with Gasteiger partial charge in [0.15, 0.2) is 18.2 Å². The zero-order chi connectivity index (χ0) is 19.8. The van der Waals surface area contributed by atoms with Crippen molar-refractivity contribution in [2.24, 2.45) is 0 Å². The van der Waals surface area contributed by atoms with Crippen LogP contribution in [0.3, 0.4) is 0 Å². The number of anilines is 1. The van der Waals surface area contributed by atoms with E-state index in [4.69, 9.17) is 4.74 Å². The number of para-hydroxylation sites is 2. The summed E-state index contributed by atoms with van der Waals surface area (Å²) in [5.74, 6) is -0.862. The van der Waals surface area contributed by atoms with Gasteiger partial charge < -0.3 is 15.0 Å². The number of hydrogen-bond acceptors (Lipinski definition) is 4. The van der Waals surface area contributed by atoms with E-state index in [1.807, 2.05) is 12.1 Å². The number of nitrogens with zero attached hydrogens (tertiary/aromatic N) is 2. The Hall–Kier alpha value is -2.67. The molecule has 1 aliphatic rings. The van der Waals surface area contributed by atoms with Crippen LogP contribution in [0, 0.1) is 11.6 Å². The minimum atomic E-state index is -0.482. The van der Waals surface area contributed by atoms with Gasteiger partial charge in [0.25, 0.3) is 5.91 Å². The molecule has 7 heteroatoms. The van der Waals surface area contributed by atoms with E-state index in [1.165, 1.54) is 18.2 Å². The van der Waals surface area contributed by atoms with Crippen LogP contribution in [0.5, 0.6) is 5.75 Å². The van der Waals surface area contributed by atoms with E-state index in [-0.39, 0.29) is 24.1 Å². The van der Waals surface area contributed by atoms with Gasteiger partial charge in [0, 0.05) is 32.7 Å². The molecule has 1 saturated heterocycles. The van der Waals surface area contributed by atoms with Crippen molar-refractivity contribution in [3.05, 3.63) is 60.2 Å². The van der Waals surface area contributed by atoms with E-state index in [0.29, 0.717) is 12.2 Å². The molecule has 0 unspecified atom stereocenters. The number of amides is 1. The molecule has 1 fully saturated rings. The predicted octanol–water partition coefficient (Wildman–Crippen LogP) is 2.67. The lowest BCUT2D eigenvalue weighted by molar-refractivity contribution is -0.123. The summed E-state index contributed by atoms with van der Waals surface area (Å²) in [6.45, 7) is 4.47. The van der Waals surface area contributed by atoms with Crippen molar-refractivity contribution in [3.8, 4) is 5.75 Å². The minimum absolute atomic E-state index is 0.0744. The van der Waals surface area contributed by atoms with Gasteiger partial charge in [-0.05, 0) is 37.2 Å². The summed E-state index contributed by atoms with van der Waals surface area (Å²) in [6, 6.07) is 12.8. The van der Waals surface area contributed by atoms with Crippen molar-refractivity contribution < 1.29 is 18.3 Å². The number of benzene rings is 2. The predicted molar refractivity (Wildman–Crippen MR) is 105 cm³/mol. The fourth-order valence-electron chi connectivity index (χ4n) is 3.21. The molecule has 3 rings (SSSR count). The molecule has 0 saturated carbocycles. The average Bonchev–Trinajstić information content (AvgIpc) is 2.71. The Bertz CT molecular complexity index is 780. The van der Waals surface area contributed by atoms with Gasteiger partial charge in [-0.2, -0.15) is 0 Å². The maximum absolute atomic E-state index is 13.9.